The fourth-order valence-corrected chi connectivity index (χ4v) is 1.39. The molecule has 0 heterocycles. The molecule has 1 aromatic rings. The Labute approximate surface area is 119 Å². The molecule has 0 aromatic heterocycles. The predicted molar refractivity (Wildman–Crippen MR) is 77.5 cm³/mol. The van der Waals surface area contributed by atoms with E-state index in [0.717, 1.165) is 0 Å². The second kappa shape index (κ2) is 6.38. The highest BCUT2D eigenvalue weighted by molar-refractivity contribution is 5.94. The molecule has 1 rings (SSSR count). The van der Waals surface area contributed by atoms with Crippen LogP contribution in [0.15, 0.2) is 24.3 Å². The van der Waals surface area contributed by atoms with Crippen molar-refractivity contribution in [3.05, 3.63) is 29.8 Å². The van der Waals surface area contributed by atoms with Gasteiger partial charge in [0.05, 0.1) is 0 Å². The lowest BCUT2D eigenvalue weighted by Gasteiger charge is -2.19. The lowest BCUT2D eigenvalue weighted by molar-refractivity contribution is 0.0635. The van der Waals surface area contributed by atoms with Crippen LogP contribution in [0.5, 0.6) is 0 Å². The van der Waals surface area contributed by atoms with Crippen LogP contribution >= 0.6 is 0 Å². The van der Waals surface area contributed by atoms with Crippen LogP contribution in [-0.4, -0.2) is 36.7 Å². The molecule has 20 heavy (non-hydrogen) atoms. The first-order valence-corrected chi connectivity index (χ1v) is 6.26. The maximum Gasteiger partial charge on any atom is 0.412 e. The van der Waals surface area contributed by atoms with Crippen LogP contribution in [0.3, 0.4) is 0 Å². The molecule has 0 fully saturated rings. The van der Waals surface area contributed by atoms with E-state index in [1.54, 1.807) is 64.1 Å². The standard InChI is InChI=1S/C14H21N3O3/c1-14(2,3)20-13(19)15-11-8-6-10(7-9-11)12(18)16-17(4)5/h6-9H,1-5H3,(H,15,19)(H,16,18). The number of anilines is 1. The smallest absolute Gasteiger partial charge is 0.412 e. The number of carbonyl (C=O) groups is 2. The van der Waals surface area contributed by atoms with Crippen molar-refractivity contribution in [3.63, 3.8) is 0 Å². The Morgan fingerprint density at radius 3 is 2.10 bits per heavy atom. The molecule has 110 valence electrons. The normalized spacial score (nSPS) is 11.1. The van der Waals surface area contributed by atoms with E-state index < -0.39 is 11.7 Å². The molecule has 0 saturated carbocycles. The van der Waals surface area contributed by atoms with Gasteiger partial charge < -0.3 is 4.74 Å². The van der Waals surface area contributed by atoms with Crippen molar-refractivity contribution < 1.29 is 14.3 Å². The minimum absolute atomic E-state index is 0.209. The monoisotopic (exact) mass is 279 g/mol. The molecule has 0 radical (unpaired) electrons. The second-order valence-corrected chi connectivity index (χ2v) is 5.54. The summed E-state index contributed by atoms with van der Waals surface area (Å²) < 4.78 is 5.14. The Kier molecular flexibility index (Phi) is 5.10. The molecular weight excluding hydrogens is 258 g/mol. The first-order chi connectivity index (χ1) is 9.17. The largest absolute Gasteiger partial charge is 0.444 e. The summed E-state index contributed by atoms with van der Waals surface area (Å²) in [5.41, 5.74) is 3.16. The SMILES string of the molecule is CN(C)NC(=O)c1ccc(NC(=O)OC(C)(C)C)cc1. The highest BCUT2D eigenvalue weighted by Crippen LogP contribution is 2.13. The Hall–Kier alpha value is -2.08. The third-order valence-electron chi connectivity index (χ3n) is 2.12. The Bertz CT molecular complexity index is 475. The molecule has 0 aliphatic carbocycles. The highest BCUT2D eigenvalue weighted by atomic mass is 16.6. The summed E-state index contributed by atoms with van der Waals surface area (Å²) in [5, 5.41) is 4.17. The van der Waals surface area contributed by atoms with E-state index in [0.29, 0.717) is 11.3 Å². The topological polar surface area (TPSA) is 70.7 Å². The van der Waals surface area contributed by atoms with Crippen molar-refractivity contribution in [1.29, 1.82) is 0 Å². The fraction of sp³-hybridized carbons (Fsp3) is 0.429. The molecule has 0 aliphatic heterocycles. The summed E-state index contributed by atoms with van der Waals surface area (Å²) in [6.45, 7) is 5.38. The van der Waals surface area contributed by atoms with E-state index in [-0.39, 0.29) is 5.91 Å². The summed E-state index contributed by atoms with van der Waals surface area (Å²) >= 11 is 0. The number of benzene rings is 1. The van der Waals surface area contributed by atoms with Crippen molar-refractivity contribution in [1.82, 2.24) is 10.4 Å². The Morgan fingerprint density at radius 2 is 1.65 bits per heavy atom. The van der Waals surface area contributed by atoms with Gasteiger partial charge >= 0.3 is 6.09 Å². The minimum Gasteiger partial charge on any atom is -0.444 e. The average molecular weight is 279 g/mol. The number of nitrogens with zero attached hydrogens (tertiary/aromatic N) is 1. The van der Waals surface area contributed by atoms with Crippen LogP contribution in [0.25, 0.3) is 0 Å². The second-order valence-electron chi connectivity index (χ2n) is 5.54. The number of carbonyl (C=O) groups excluding carboxylic acids is 2. The van der Waals surface area contributed by atoms with E-state index in [9.17, 15) is 9.59 Å². The highest BCUT2D eigenvalue weighted by Gasteiger charge is 2.16. The molecule has 0 spiro atoms. The molecular formula is C14H21N3O3. The summed E-state index contributed by atoms with van der Waals surface area (Å²) in [6, 6.07) is 6.56. The van der Waals surface area contributed by atoms with Crippen LogP contribution < -0.4 is 10.7 Å². The first-order valence-electron chi connectivity index (χ1n) is 6.26. The molecule has 2 amide bonds. The van der Waals surface area contributed by atoms with Crippen molar-refractivity contribution >= 4 is 17.7 Å². The van der Waals surface area contributed by atoms with Crippen LogP contribution in [0.2, 0.25) is 0 Å². The molecule has 0 aliphatic rings. The van der Waals surface area contributed by atoms with Crippen LogP contribution in [0, 0.1) is 0 Å². The first kappa shape index (κ1) is 16.0. The average Bonchev–Trinajstić information content (AvgIpc) is 2.26. The zero-order valence-corrected chi connectivity index (χ0v) is 12.5. The summed E-state index contributed by atoms with van der Waals surface area (Å²) in [7, 11) is 3.46. The number of ether oxygens (including phenoxy) is 1. The van der Waals surface area contributed by atoms with Gasteiger partial charge in [-0.1, -0.05) is 0 Å². The van der Waals surface area contributed by atoms with Gasteiger partial charge in [-0.05, 0) is 45.0 Å². The third-order valence-corrected chi connectivity index (χ3v) is 2.12. The molecule has 0 unspecified atom stereocenters. The van der Waals surface area contributed by atoms with Crippen LogP contribution in [-0.2, 0) is 4.74 Å². The van der Waals surface area contributed by atoms with Crippen molar-refractivity contribution in [2.24, 2.45) is 0 Å². The van der Waals surface area contributed by atoms with Crippen molar-refractivity contribution in [2.75, 3.05) is 19.4 Å². The third kappa shape index (κ3) is 5.71. The number of hydrogen-bond acceptors (Lipinski definition) is 4. The van der Waals surface area contributed by atoms with Gasteiger partial charge in [0.2, 0.25) is 0 Å². The number of nitrogens with one attached hydrogen (secondary N) is 2. The quantitative estimate of drug-likeness (QED) is 0.832. The van der Waals surface area contributed by atoms with Gasteiger partial charge in [-0.25, -0.2) is 9.80 Å². The van der Waals surface area contributed by atoms with Gasteiger partial charge in [-0.2, -0.15) is 0 Å². The van der Waals surface area contributed by atoms with Crippen molar-refractivity contribution in [3.8, 4) is 0 Å². The molecule has 1 aromatic carbocycles. The molecule has 0 bridgehead atoms. The van der Waals surface area contributed by atoms with Gasteiger partial charge in [0.15, 0.2) is 0 Å². The van der Waals surface area contributed by atoms with Crippen LogP contribution in [0.1, 0.15) is 31.1 Å². The number of hydrazine groups is 1. The molecule has 0 atom stereocenters. The van der Waals surface area contributed by atoms with Gasteiger partial charge in [0.1, 0.15) is 5.60 Å². The summed E-state index contributed by atoms with van der Waals surface area (Å²) in [6.07, 6.45) is -0.525. The Balaban J connectivity index is 2.63. The van der Waals surface area contributed by atoms with Crippen molar-refractivity contribution in [2.45, 2.75) is 26.4 Å². The number of amides is 2. The van der Waals surface area contributed by atoms with E-state index in [1.807, 2.05) is 0 Å². The summed E-state index contributed by atoms with van der Waals surface area (Å²) in [4.78, 5) is 23.3. The zero-order chi connectivity index (χ0) is 15.3. The Morgan fingerprint density at radius 1 is 1.10 bits per heavy atom. The predicted octanol–water partition coefficient (Wildman–Crippen LogP) is 2.24. The molecule has 6 nitrogen and oxygen atoms in total. The minimum atomic E-state index is -0.546. The number of hydrogen-bond donors (Lipinski definition) is 2. The molecule has 2 N–H and O–H groups in total. The maximum absolute atomic E-state index is 11.7. The van der Waals surface area contributed by atoms with Gasteiger partial charge in [-0.3, -0.25) is 15.5 Å². The number of rotatable bonds is 3. The van der Waals surface area contributed by atoms with E-state index >= 15 is 0 Å². The summed E-state index contributed by atoms with van der Waals surface area (Å²) in [5.74, 6) is -0.209. The lowest BCUT2D eigenvalue weighted by Crippen LogP contribution is -2.36. The van der Waals surface area contributed by atoms with E-state index in [1.165, 1.54) is 0 Å². The lowest BCUT2D eigenvalue weighted by atomic mass is 10.2. The van der Waals surface area contributed by atoms with Gasteiger partial charge in [-0.15, -0.1) is 0 Å². The zero-order valence-electron chi connectivity index (χ0n) is 12.5. The van der Waals surface area contributed by atoms with E-state index in [4.69, 9.17) is 4.74 Å². The van der Waals surface area contributed by atoms with E-state index in [2.05, 4.69) is 10.7 Å². The fourth-order valence-electron chi connectivity index (χ4n) is 1.39. The van der Waals surface area contributed by atoms with Gasteiger partial charge in [0, 0.05) is 25.3 Å². The van der Waals surface area contributed by atoms with Crippen LogP contribution in [0.4, 0.5) is 10.5 Å². The molecule has 6 heteroatoms. The maximum atomic E-state index is 11.7. The van der Waals surface area contributed by atoms with Gasteiger partial charge in [0.25, 0.3) is 5.91 Å². The molecule has 0 saturated heterocycles.